The summed E-state index contributed by atoms with van der Waals surface area (Å²) in [6, 6.07) is 12.2. The lowest BCUT2D eigenvalue weighted by molar-refractivity contribution is 0.373. The number of hydrogen-bond donors (Lipinski definition) is 2. The highest BCUT2D eigenvalue weighted by atomic mass is 32.3. The molecule has 0 bridgehead atoms. The van der Waals surface area contributed by atoms with Gasteiger partial charge in [-0.05, 0) is 81.2 Å². The van der Waals surface area contributed by atoms with E-state index in [0.717, 1.165) is 37.5 Å². The van der Waals surface area contributed by atoms with E-state index in [9.17, 15) is 10.2 Å². The standard InChI is InChI=1S/C24H38O5SSi/c1-27-23-17-19(11-13-21(23)25)9-7-15-30(3,4)29-31(5,6)16-8-10-20-12-14-22(26)24(18-20)28-2/h11-14,17-18,25-26H,7-10,15-16H2,1-6H3/q-1. The van der Waals surface area contributed by atoms with Crippen LogP contribution in [0.3, 0.4) is 0 Å². The molecule has 0 fully saturated rings. The summed E-state index contributed by atoms with van der Waals surface area (Å²) in [6.07, 6.45) is 8.55. The van der Waals surface area contributed by atoms with Gasteiger partial charge < -0.3 is 23.6 Å². The Hall–Kier alpha value is -1.83. The summed E-state index contributed by atoms with van der Waals surface area (Å²) in [5.74, 6) is 2.48. The number of benzene rings is 2. The van der Waals surface area contributed by atoms with Gasteiger partial charge in [-0.1, -0.05) is 18.6 Å². The topological polar surface area (TPSA) is 68.2 Å². The number of phenolic OH excluding ortho intramolecular Hbond substituents is 2. The van der Waals surface area contributed by atoms with Crippen LogP contribution in [0.1, 0.15) is 24.0 Å². The molecule has 0 aromatic heterocycles. The lowest BCUT2D eigenvalue weighted by Gasteiger charge is -2.48. The Labute approximate surface area is 190 Å². The molecule has 0 saturated heterocycles. The Morgan fingerprint density at radius 1 is 0.806 bits per heavy atom. The summed E-state index contributed by atoms with van der Waals surface area (Å²) < 4.78 is 17.1. The van der Waals surface area contributed by atoms with Gasteiger partial charge in [-0.2, -0.15) is 10.3 Å². The number of ether oxygens (including phenoxy) is 2. The zero-order valence-corrected chi connectivity index (χ0v) is 21.6. The quantitative estimate of drug-likeness (QED) is 0.382. The molecule has 2 aromatic rings. The second-order valence-electron chi connectivity index (χ2n) is 8.95. The normalized spacial score (nSPS) is 12.6. The van der Waals surface area contributed by atoms with Crippen molar-refractivity contribution in [2.24, 2.45) is 0 Å². The molecule has 0 heterocycles. The number of hydrogen-bond acceptors (Lipinski definition) is 5. The van der Waals surface area contributed by atoms with Crippen molar-refractivity contribution in [2.45, 2.75) is 44.8 Å². The summed E-state index contributed by atoms with van der Waals surface area (Å²) >= 11 is 0. The molecule has 0 amide bonds. The summed E-state index contributed by atoms with van der Waals surface area (Å²) in [5.41, 5.74) is 2.35. The summed E-state index contributed by atoms with van der Waals surface area (Å²) in [4.78, 5) is 0. The summed E-state index contributed by atoms with van der Waals surface area (Å²) in [5, 5.41) is 19.5. The molecule has 0 unspecified atom stereocenters. The van der Waals surface area contributed by atoms with Crippen LogP contribution in [0.15, 0.2) is 36.4 Å². The van der Waals surface area contributed by atoms with Gasteiger partial charge >= 0.3 is 0 Å². The zero-order valence-electron chi connectivity index (χ0n) is 19.7. The van der Waals surface area contributed by atoms with Gasteiger partial charge in [-0.25, -0.2) is 0 Å². The van der Waals surface area contributed by atoms with E-state index in [0.29, 0.717) is 11.5 Å². The molecule has 5 nitrogen and oxygen atoms in total. The highest BCUT2D eigenvalue weighted by molar-refractivity contribution is 8.29. The largest absolute Gasteiger partial charge is 0.519 e. The van der Waals surface area contributed by atoms with Crippen LogP contribution in [-0.2, 0) is 16.7 Å². The lowest BCUT2D eigenvalue weighted by atomic mass is 10.1. The Bertz CT molecular complexity index is 784. The minimum Gasteiger partial charge on any atom is -0.519 e. The van der Waals surface area contributed by atoms with E-state index in [1.54, 1.807) is 26.4 Å². The number of aromatic hydroxyl groups is 2. The van der Waals surface area contributed by atoms with E-state index >= 15 is 0 Å². The fraction of sp³-hybridized carbons (Fsp3) is 0.500. The van der Waals surface area contributed by atoms with E-state index in [-0.39, 0.29) is 11.5 Å². The van der Waals surface area contributed by atoms with Crippen molar-refractivity contribution in [3.05, 3.63) is 47.5 Å². The third kappa shape index (κ3) is 8.31. The highest BCUT2D eigenvalue weighted by Gasteiger charge is 2.18. The number of rotatable bonds is 12. The van der Waals surface area contributed by atoms with Crippen LogP contribution < -0.4 is 9.47 Å². The smallest absolute Gasteiger partial charge is 0.160 e. The van der Waals surface area contributed by atoms with Gasteiger partial charge in [0, 0.05) is 0 Å². The average Bonchev–Trinajstić information content (AvgIpc) is 2.69. The zero-order chi connectivity index (χ0) is 23.1. The molecule has 7 heteroatoms. The fourth-order valence-corrected chi connectivity index (χ4v) is 11.2. The summed E-state index contributed by atoms with van der Waals surface area (Å²) in [7, 11) is 0.259. The minimum atomic E-state index is -1.77. The van der Waals surface area contributed by atoms with Crippen LogP contribution in [0.25, 0.3) is 0 Å². The van der Waals surface area contributed by atoms with Gasteiger partial charge in [0.2, 0.25) is 0 Å². The Kier molecular flexibility index (Phi) is 9.15. The SMILES string of the molecule is COc1cc(CCC[Si-](C)(C)OS(C)(C)CCCc2ccc(O)c(OC)c2)ccc1O. The van der Waals surface area contributed by atoms with Gasteiger partial charge in [-0.3, -0.25) is 0 Å². The monoisotopic (exact) mass is 466 g/mol. The predicted molar refractivity (Wildman–Crippen MR) is 134 cm³/mol. The van der Waals surface area contributed by atoms with Gasteiger partial charge in [0.15, 0.2) is 23.0 Å². The maximum Gasteiger partial charge on any atom is 0.160 e. The van der Waals surface area contributed by atoms with Crippen LogP contribution in [0.5, 0.6) is 23.0 Å². The Morgan fingerprint density at radius 2 is 1.29 bits per heavy atom. The molecule has 0 radical (unpaired) electrons. The van der Waals surface area contributed by atoms with E-state index in [1.807, 2.05) is 24.3 Å². The molecule has 2 rings (SSSR count). The molecular formula is C24H38O5SSi-. The molecule has 0 aliphatic carbocycles. The number of phenols is 2. The molecule has 0 aliphatic rings. The molecular weight excluding hydrogens is 428 g/mol. The number of methoxy groups -OCH3 is 2. The minimum absolute atomic E-state index is 0.180. The molecule has 31 heavy (non-hydrogen) atoms. The van der Waals surface area contributed by atoms with Crippen LogP contribution in [0, 0.1) is 0 Å². The predicted octanol–water partition coefficient (Wildman–Crippen LogP) is 5.88. The first-order chi connectivity index (χ1) is 14.5. The van der Waals surface area contributed by atoms with Crippen molar-refractivity contribution in [2.75, 3.05) is 32.5 Å². The third-order valence-corrected chi connectivity index (χ3v) is 11.7. The molecule has 2 N–H and O–H groups in total. The maximum absolute atomic E-state index is 9.75. The first kappa shape index (κ1) is 25.4. The van der Waals surface area contributed by atoms with Crippen molar-refractivity contribution in [1.82, 2.24) is 0 Å². The number of aryl methyl sites for hydroxylation is 2. The molecule has 175 valence electrons. The Balaban J connectivity index is 1.81. The van der Waals surface area contributed by atoms with Crippen LogP contribution in [0.2, 0.25) is 19.1 Å². The highest BCUT2D eigenvalue weighted by Crippen LogP contribution is 2.46. The van der Waals surface area contributed by atoms with Crippen molar-refractivity contribution >= 4 is 18.6 Å². The van der Waals surface area contributed by atoms with Gasteiger partial charge in [-0.15, -0.1) is 19.1 Å². The molecule has 0 saturated carbocycles. The molecule has 0 spiro atoms. The second kappa shape index (κ2) is 11.2. The maximum atomic E-state index is 9.75. The summed E-state index contributed by atoms with van der Waals surface area (Å²) in [6.45, 7) is 4.62. The second-order valence-corrected chi connectivity index (χ2v) is 16.9. The van der Waals surface area contributed by atoms with Crippen molar-refractivity contribution < 1.29 is 23.6 Å². The lowest BCUT2D eigenvalue weighted by Crippen LogP contribution is -2.32. The third-order valence-electron chi connectivity index (χ3n) is 5.29. The van der Waals surface area contributed by atoms with E-state index in [1.165, 1.54) is 11.1 Å². The van der Waals surface area contributed by atoms with Crippen LogP contribution >= 0.6 is 10.3 Å². The first-order valence-corrected chi connectivity index (χ1v) is 16.3. The fourth-order valence-electron chi connectivity index (χ4n) is 3.79. The average molecular weight is 467 g/mol. The van der Waals surface area contributed by atoms with Gasteiger partial charge in [0.1, 0.15) is 0 Å². The molecule has 2 aromatic carbocycles. The van der Waals surface area contributed by atoms with Crippen molar-refractivity contribution in [1.29, 1.82) is 0 Å². The van der Waals surface area contributed by atoms with E-state index in [2.05, 4.69) is 25.6 Å². The van der Waals surface area contributed by atoms with Crippen LogP contribution in [0.4, 0.5) is 0 Å². The van der Waals surface area contributed by atoms with Gasteiger partial charge in [0.05, 0.1) is 14.2 Å². The van der Waals surface area contributed by atoms with E-state index in [4.69, 9.17) is 13.3 Å². The van der Waals surface area contributed by atoms with Crippen molar-refractivity contribution in [3.63, 3.8) is 0 Å². The van der Waals surface area contributed by atoms with Crippen molar-refractivity contribution in [3.8, 4) is 23.0 Å². The first-order valence-electron chi connectivity index (χ1n) is 10.7. The molecule has 0 atom stereocenters. The van der Waals surface area contributed by atoms with E-state index < -0.39 is 18.6 Å². The molecule has 0 aliphatic heterocycles. The van der Waals surface area contributed by atoms with Gasteiger partial charge in [0.25, 0.3) is 0 Å². The Morgan fingerprint density at radius 3 is 1.77 bits per heavy atom. The van der Waals surface area contributed by atoms with Crippen LogP contribution in [-0.4, -0.2) is 51.0 Å².